The summed E-state index contributed by atoms with van der Waals surface area (Å²) in [5, 5.41) is 2.83. The smallest absolute Gasteiger partial charge is 0.407 e. The number of rotatable bonds is 4. The lowest BCUT2D eigenvalue weighted by atomic mass is 10.1. The molecule has 1 aliphatic heterocycles. The summed E-state index contributed by atoms with van der Waals surface area (Å²) in [7, 11) is 1.37. The summed E-state index contributed by atoms with van der Waals surface area (Å²) in [4.78, 5) is 15.0. The molecule has 3 N–H and O–H groups in total. The molecular weight excluding hydrogens is 306 g/mol. The summed E-state index contributed by atoms with van der Waals surface area (Å²) >= 11 is 6.83. The first-order valence-corrected chi connectivity index (χ1v) is 8.26. The maximum atomic E-state index is 11.3. The van der Waals surface area contributed by atoms with E-state index in [2.05, 4.69) is 15.0 Å². The van der Waals surface area contributed by atoms with Gasteiger partial charge in [-0.05, 0) is 24.8 Å². The minimum atomic E-state index is -0.394. The van der Waals surface area contributed by atoms with Gasteiger partial charge in [0.1, 0.15) is 4.99 Å². The van der Waals surface area contributed by atoms with Crippen LogP contribution in [0.4, 0.5) is 10.5 Å². The fourth-order valence-electron chi connectivity index (χ4n) is 2.52. The first-order chi connectivity index (χ1) is 10.1. The number of nitrogens with one attached hydrogen (secondary N) is 1. The van der Waals surface area contributed by atoms with Crippen LogP contribution in [0.3, 0.4) is 0 Å². The summed E-state index contributed by atoms with van der Waals surface area (Å²) in [5.41, 5.74) is 7.84. The monoisotopic (exact) mass is 325 g/mol. The van der Waals surface area contributed by atoms with Crippen molar-refractivity contribution in [2.75, 3.05) is 31.4 Å². The molecule has 1 unspecified atom stereocenters. The van der Waals surface area contributed by atoms with Gasteiger partial charge in [-0.2, -0.15) is 0 Å². The second-order valence-corrected chi connectivity index (χ2v) is 6.07. The van der Waals surface area contributed by atoms with Gasteiger partial charge in [0.15, 0.2) is 0 Å². The van der Waals surface area contributed by atoms with Crippen molar-refractivity contribution in [1.82, 2.24) is 5.32 Å². The Hall–Kier alpha value is -1.47. The Morgan fingerprint density at radius 2 is 2.33 bits per heavy atom. The summed E-state index contributed by atoms with van der Waals surface area (Å²) in [5.74, 6) is 0. The van der Waals surface area contributed by atoms with Crippen LogP contribution in [-0.2, 0) is 4.74 Å². The molecule has 5 nitrogen and oxygen atoms in total. The van der Waals surface area contributed by atoms with Gasteiger partial charge < -0.3 is 20.7 Å². The van der Waals surface area contributed by atoms with E-state index in [4.69, 9.17) is 18.0 Å². The Balaban J connectivity index is 2.20. The van der Waals surface area contributed by atoms with Crippen molar-refractivity contribution in [2.45, 2.75) is 17.4 Å². The topological polar surface area (TPSA) is 67.6 Å². The number of hydrogen-bond acceptors (Lipinski definition) is 5. The molecule has 0 radical (unpaired) electrons. The Morgan fingerprint density at radius 3 is 2.95 bits per heavy atom. The first-order valence-electron chi connectivity index (χ1n) is 6.63. The lowest BCUT2D eigenvalue weighted by Gasteiger charge is -2.23. The van der Waals surface area contributed by atoms with Crippen molar-refractivity contribution in [3.8, 4) is 0 Å². The Morgan fingerprint density at radius 1 is 1.57 bits per heavy atom. The van der Waals surface area contributed by atoms with Crippen molar-refractivity contribution in [1.29, 1.82) is 0 Å². The van der Waals surface area contributed by atoms with Gasteiger partial charge in [0, 0.05) is 29.2 Å². The van der Waals surface area contributed by atoms with Crippen LogP contribution in [0.15, 0.2) is 23.1 Å². The van der Waals surface area contributed by atoms with E-state index in [1.807, 2.05) is 24.5 Å². The number of thioether (sulfide) groups is 1. The number of anilines is 1. The maximum absolute atomic E-state index is 11.3. The SMILES string of the molecule is COC(=O)NC1CCN(c2cccc(SC)c2C(N)=S)C1. The molecule has 1 atom stereocenters. The van der Waals surface area contributed by atoms with Crippen LogP contribution in [0, 0.1) is 0 Å². The third-order valence-electron chi connectivity index (χ3n) is 3.51. The number of nitrogens with two attached hydrogens (primary N) is 1. The molecule has 1 saturated heterocycles. The summed E-state index contributed by atoms with van der Waals surface area (Å²) in [6.07, 6.45) is 2.48. The van der Waals surface area contributed by atoms with Crippen LogP contribution in [0.2, 0.25) is 0 Å². The molecule has 1 aliphatic rings. The van der Waals surface area contributed by atoms with Gasteiger partial charge in [-0.1, -0.05) is 18.3 Å². The van der Waals surface area contributed by atoms with E-state index in [1.165, 1.54) is 7.11 Å². The summed E-state index contributed by atoms with van der Waals surface area (Å²) in [6, 6.07) is 6.12. The molecule has 1 aromatic carbocycles. The van der Waals surface area contributed by atoms with Crippen molar-refractivity contribution < 1.29 is 9.53 Å². The van der Waals surface area contributed by atoms with Crippen LogP contribution in [0.25, 0.3) is 0 Å². The summed E-state index contributed by atoms with van der Waals surface area (Å²) < 4.78 is 4.64. The number of carbonyl (C=O) groups excluding carboxylic acids is 1. The predicted molar refractivity (Wildman–Crippen MR) is 90.3 cm³/mol. The molecule has 1 heterocycles. The number of thiocarbonyl (C=S) groups is 1. The first kappa shape index (κ1) is 15.9. The van der Waals surface area contributed by atoms with E-state index in [0.29, 0.717) is 4.99 Å². The van der Waals surface area contributed by atoms with Crippen LogP contribution < -0.4 is 16.0 Å². The van der Waals surface area contributed by atoms with Gasteiger partial charge in [-0.25, -0.2) is 4.79 Å². The predicted octanol–water partition coefficient (Wildman–Crippen LogP) is 1.98. The van der Waals surface area contributed by atoms with Crippen molar-refractivity contribution in [2.24, 2.45) is 5.73 Å². The molecule has 0 aromatic heterocycles. The molecule has 2 rings (SSSR count). The second-order valence-electron chi connectivity index (χ2n) is 4.79. The molecule has 0 spiro atoms. The zero-order valence-corrected chi connectivity index (χ0v) is 13.7. The van der Waals surface area contributed by atoms with Gasteiger partial charge >= 0.3 is 6.09 Å². The highest BCUT2D eigenvalue weighted by atomic mass is 32.2. The zero-order valence-electron chi connectivity index (χ0n) is 12.1. The average molecular weight is 325 g/mol. The van der Waals surface area contributed by atoms with Crippen LogP contribution in [0.1, 0.15) is 12.0 Å². The minimum Gasteiger partial charge on any atom is -0.453 e. The van der Waals surface area contributed by atoms with Gasteiger partial charge in [0.2, 0.25) is 0 Å². The van der Waals surface area contributed by atoms with Crippen molar-refractivity contribution >= 4 is 40.7 Å². The molecule has 7 heteroatoms. The molecule has 0 aliphatic carbocycles. The number of ether oxygens (including phenoxy) is 1. The van der Waals surface area contributed by atoms with E-state index in [0.717, 1.165) is 35.7 Å². The fourth-order valence-corrected chi connectivity index (χ4v) is 3.44. The Kier molecular flexibility index (Phi) is 5.30. The Bertz CT molecular complexity index is 551. The largest absolute Gasteiger partial charge is 0.453 e. The molecule has 0 bridgehead atoms. The minimum absolute atomic E-state index is 0.0783. The molecule has 114 valence electrons. The number of hydrogen-bond donors (Lipinski definition) is 2. The molecular formula is C14H19N3O2S2. The quantitative estimate of drug-likeness (QED) is 0.652. The highest BCUT2D eigenvalue weighted by molar-refractivity contribution is 7.98. The number of benzene rings is 1. The zero-order chi connectivity index (χ0) is 15.4. The molecule has 1 aromatic rings. The van der Waals surface area contributed by atoms with E-state index in [-0.39, 0.29) is 6.04 Å². The van der Waals surface area contributed by atoms with Crippen molar-refractivity contribution in [3.63, 3.8) is 0 Å². The van der Waals surface area contributed by atoms with Crippen molar-refractivity contribution in [3.05, 3.63) is 23.8 Å². The summed E-state index contributed by atoms with van der Waals surface area (Å²) in [6.45, 7) is 1.57. The van der Waals surface area contributed by atoms with Gasteiger partial charge in [0.05, 0.1) is 13.2 Å². The molecule has 21 heavy (non-hydrogen) atoms. The number of carbonyl (C=O) groups is 1. The van der Waals surface area contributed by atoms with Gasteiger partial charge in [-0.15, -0.1) is 11.8 Å². The van der Waals surface area contributed by atoms with Crippen LogP contribution in [-0.4, -0.2) is 43.6 Å². The number of methoxy groups -OCH3 is 1. The highest BCUT2D eigenvalue weighted by Gasteiger charge is 2.26. The lowest BCUT2D eigenvalue weighted by molar-refractivity contribution is 0.167. The standard InChI is InChI=1S/C14H19N3O2S2/c1-19-14(18)16-9-6-7-17(8-9)10-4-3-5-11(21-2)12(10)13(15)20/h3-5,9H,6-8H2,1-2H3,(H2,15,20)(H,16,18). The fraction of sp³-hybridized carbons (Fsp3) is 0.429. The van der Waals surface area contributed by atoms with E-state index in [9.17, 15) is 4.79 Å². The van der Waals surface area contributed by atoms with E-state index < -0.39 is 6.09 Å². The van der Waals surface area contributed by atoms with Gasteiger partial charge in [0.25, 0.3) is 0 Å². The molecule has 1 fully saturated rings. The number of alkyl carbamates (subject to hydrolysis) is 1. The molecule has 1 amide bonds. The van der Waals surface area contributed by atoms with E-state index in [1.54, 1.807) is 11.8 Å². The van der Waals surface area contributed by atoms with Gasteiger partial charge in [-0.3, -0.25) is 0 Å². The van der Waals surface area contributed by atoms with Crippen LogP contribution >= 0.6 is 24.0 Å². The third-order valence-corrected chi connectivity index (χ3v) is 4.49. The number of amides is 1. The molecule has 0 saturated carbocycles. The third kappa shape index (κ3) is 3.59. The highest BCUT2D eigenvalue weighted by Crippen LogP contribution is 2.31. The normalized spacial score (nSPS) is 17.6. The lowest BCUT2D eigenvalue weighted by Crippen LogP contribution is -2.37. The number of nitrogens with zero attached hydrogens (tertiary/aromatic N) is 1. The van der Waals surface area contributed by atoms with E-state index >= 15 is 0 Å². The maximum Gasteiger partial charge on any atom is 0.407 e. The second kappa shape index (κ2) is 7.00. The average Bonchev–Trinajstić information content (AvgIpc) is 2.94. The Labute approximate surface area is 134 Å². The van der Waals surface area contributed by atoms with Crippen LogP contribution in [0.5, 0.6) is 0 Å².